The van der Waals surface area contributed by atoms with Crippen molar-refractivity contribution in [1.82, 2.24) is 0 Å². The van der Waals surface area contributed by atoms with Crippen molar-refractivity contribution < 1.29 is 0 Å². The second-order valence-corrected chi connectivity index (χ2v) is 15.6. The number of thiophene rings is 1. The van der Waals surface area contributed by atoms with Crippen LogP contribution in [0.25, 0.3) is 64.7 Å². The van der Waals surface area contributed by atoms with Gasteiger partial charge in [-0.3, -0.25) is 0 Å². The Labute approximate surface area is 315 Å². The van der Waals surface area contributed by atoms with E-state index in [1.54, 1.807) is 0 Å². The lowest BCUT2D eigenvalue weighted by Crippen LogP contribution is -2.15. The summed E-state index contributed by atoms with van der Waals surface area (Å²) in [6.07, 6.45) is 0. The predicted molar refractivity (Wildman–Crippen MR) is 228 cm³/mol. The maximum Gasteiger partial charge on any atom is 0.0540 e. The Balaban J connectivity index is 1.25. The zero-order valence-corrected chi connectivity index (χ0v) is 30.6. The van der Waals surface area contributed by atoms with E-state index in [1.165, 1.54) is 75.8 Å². The number of fused-ring (bicyclic) bond motifs is 6. The van der Waals surface area contributed by atoms with E-state index >= 15 is 0 Å². The minimum atomic E-state index is -0.125. The first-order chi connectivity index (χ1) is 26.0. The van der Waals surface area contributed by atoms with E-state index in [0.29, 0.717) is 0 Å². The third-order valence-corrected chi connectivity index (χ3v) is 12.2. The molecule has 9 aromatic rings. The molecule has 0 bridgehead atoms. The maximum atomic E-state index is 2.49. The number of nitrogens with zero attached hydrogens (tertiary/aromatic N) is 1. The number of anilines is 3. The van der Waals surface area contributed by atoms with Crippen molar-refractivity contribution in [3.63, 3.8) is 0 Å². The second-order valence-electron chi connectivity index (χ2n) is 14.5. The van der Waals surface area contributed by atoms with Crippen LogP contribution in [-0.2, 0) is 5.41 Å². The third kappa shape index (κ3) is 5.21. The summed E-state index contributed by atoms with van der Waals surface area (Å²) in [6, 6.07) is 69.2. The first-order valence-electron chi connectivity index (χ1n) is 18.3. The monoisotopic (exact) mass is 695 g/mol. The molecule has 53 heavy (non-hydrogen) atoms. The average Bonchev–Trinajstić information content (AvgIpc) is 3.70. The van der Waals surface area contributed by atoms with Gasteiger partial charge in [-0.05, 0) is 98.6 Å². The van der Waals surface area contributed by atoms with Crippen LogP contribution in [0.5, 0.6) is 0 Å². The van der Waals surface area contributed by atoms with Crippen molar-refractivity contribution in [2.75, 3.05) is 4.90 Å². The van der Waals surface area contributed by atoms with E-state index in [1.807, 2.05) is 11.3 Å². The zero-order chi connectivity index (χ0) is 35.5. The molecule has 8 aromatic carbocycles. The van der Waals surface area contributed by atoms with Crippen LogP contribution in [0.1, 0.15) is 25.0 Å². The van der Waals surface area contributed by atoms with Crippen molar-refractivity contribution in [2.24, 2.45) is 0 Å². The summed E-state index contributed by atoms with van der Waals surface area (Å²) in [5.74, 6) is 0. The third-order valence-electron chi connectivity index (χ3n) is 11.1. The first-order valence-corrected chi connectivity index (χ1v) is 19.2. The molecule has 2 heteroatoms. The quantitative estimate of drug-likeness (QED) is 0.167. The Kier molecular flexibility index (Phi) is 7.42. The maximum absolute atomic E-state index is 2.49. The van der Waals surface area contributed by atoms with Crippen LogP contribution in [0.2, 0.25) is 0 Å². The Morgan fingerprint density at radius 1 is 0.396 bits per heavy atom. The topological polar surface area (TPSA) is 3.24 Å². The normalized spacial score (nSPS) is 12.9. The van der Waals surface area contributed by atoms with Crippen molar-refractivity contribution in [3.05, 3.63) is 199 Å². The number of hydrogen-bond donors (Lipinski definition) is 0. The van der Waals surface area contributed by atoms with Crippen molar-refractivity contribution in [2.45, 2.75) is 19.3 Å². The molecule has 0 fully saturated rings. The first kappa shape index (κ1) is 31.5. The fourth-order valence-corrected chi connectivity index (χ4v) is 9.55. The van der Waals surface area contributed by atoms with Crippen LogP contribution in [0.3, 0.4) is 0 Å². The van der Waals surface area contributed by atoms with Crippen LogP contribution in [-0.4, -0.2) is 0 Å². The highest BCUT2D eigenvalue weighted by Crippen LogP contribution is 2.54. The molecule has 0 unspecified atom stereocenters. The van der Waals surface area contributed by atoms with Gasteiger partial charge >= 0.3 is 0 Å². The van der Waals surface area contributed by atoms with Gasteiger partial charge in [-0.25, -0.2) is 0 Å². The summed E-state index contributed by atoms with van der Waals surface area (Å²) >= 11 is 1.86. The highest BCUT2D eigenvalue weighted by atomic mass is 32.1. The Morgan fingerprint density at radius 2 is 1.02 bits per heavy atom. The lowest BCUT2D eigenvalue weighted by molar-refractivity contribution is 0.660. The molecule has 252 valence electrons. The second kappa shape index (κ2) is 12.5. The lowest BCUT2D eigenvalue weighted by Gasteiger charge is -2.29. The molecular formula is C51H37NS. The summed E-state index contributed by atoms with van der Waals surface area (Å²) in [5, 5.41) is 2.59. The minimum Gasteiger partial charge on any atom is -0.310 e. The molecule has 0 saturated carbocycles. The molecule has 0 spiro atoms. The largest absolute Gasteiger partial charge is 0.310 e. The van der Waals surface area contributed by atoms with Gasteiger partial charge in [-0.2, -0.15) is 0 Å². The van der Waals surface area contributed by atoms with Crippen molar-refractivity contribution in [1.29, 1.82) is 0 Å². The van der Waals surface area contributed by atoms with Crippen LogP contribution in [0, 0.1) is 0 Å². The molecule has 0 amide bonds. The van der Waals surface area contributed by atoms with Gasteiger partial charge < -0.3 is 4.90 Å². The van der Waals surface area contributed by atoms with Crippen molar-refractivity contribution in [3.8, 4) is 44.5 Å². The Bertz CT molecular complexity index is 2800. The van der Waals surface area contributed by atoms with Crippen LogP contribution in [0.4, 0.5) is 17.1 Å². The smallest absolute Gasteiger partial charge is 0.0540 e. The van der Waals surface area contributed by atoms with E-state index in [-0.39, 0.29) is 5.41 Å². The Morgan fingerprint density at radius 3 is 1.77 bits per heavy atom. The summed E-state index contributed by atoms with van der Waals surface area (Å²) in [6.45, 7) is 4.74. The van der Waals surface area contributed by atoms with Gasteiger partial charge in [0.2, 0.25) is 0 Å². The molecule has 0 aliphatic heterocycles. The summed E-state index contributed by atoms with van der Waals surface area (Å²) in [4.78, 5) is 2.49. The lowest BCUT2D eigenvalue weighted by atomic mass is 9.82. The van der Waals surface area contributed by atoms with Gasteiger partial charge in [0.15, 0.2) is 0 Å². The average molecular weight is 696 g/mol. The molecule has 0 saturated heterocycles. The highest BCUT2D eigenvalue weighted by molar-refractivity contribution is 7.25. The molecule has 0 radical (unpaired) electrons. The molecule has 1 heterocycles. The Hall–Kier alpha value is -6.22. The highest BCUT2D eigenvalue weighted by Gasteiger charge is 2.37. The van der Waals surface area contributed by atoms with E-state index in [9.17, 15) is 0 Å². The van der Waals surface area contributed by atoms with Gasteiger partial charge in [0.1, 0.15) is 0 Å². The predicted octanol–water partition coefficient (Wildman–Crippen LogP) is 14.8. The molecule has 1 aliphatic carbocycles. The molecular weight excluding hydrogens is 659 g/mol. The van der Waals surface area contributed by atoms with Crippen LogP contribution >= 0.6 is 11.3 Å². The van der Waals surface area contributed by atoms with Crippen molar-refractivity contribution >= 4 is 48.6 Å². The van der Waals surface area contributed by atoms with E-state index in [4.69, 9.17) is 0 Å². The molecule has 0 N–H and O–H groups in total. The molecule has 1 aromatic heterocycles. The van der Waals surface area contributed by atoms with Crippen LogP contribution in [0.15, 0.2) is 188 Å². The number of hydrogen-bond acceptors (Lipinski definition) is 2. The summed E-state index contributed by atoms with van der Waals surface area (Å²) in [7, 11) is 0. The standard InChI is InChI=1S/C51H37NS/c1-51(2)45-28-26-38(33-44(45)50-40(22-14-23-46(50)51)35-17-8-4-9-18-35)52(39-27-30-49-43(32-39)41-21-12-13-24-48(41)53-49)47-29-25-37(34-15-6-3-7-16-34)31-42(47)36-19-10-5-11-20-36/h3-33H,1-2H3. The van der Waals surface area contributed by atoms with Gasteiger partial charge in [-0.15, -0.1) is 11.3 Å². The van der Waals surface area contributed by atoms with Gasteiger partial charge in [0.05, 0.1) is 5.69 Å². The zero-order valence-electron chi connectivity index (χ0n) is 29.8. The number of benzene rings is 8. The van der Waals surface area contributed by atoms with Gasteiger partial charge in [-0.1, -0.05) is 153 Å². The van der Waals surface area contributed by atoms with E-state index < -0.39 is 0 Å². The molecule has 10 rings (SSSR count). The summed E-state index contributed by atoms with van der Waals surface area (Å²) in [5.41, 5.74) is 16.0. The number of rotatable bonds is 6. The minimum absolute atomic E-state index is 0.125. The van der Waals surface area contributed by atoms with E-state index in [0.717, 1.165) is 17.1 Å². The fraction of sp³-hybridized carbons (Fsp3) is 0.0588. The SMILES string of the molecule is CC1(C)c2ccc(N(c3ccc4sc5ccccc5c4c3)c3ccc(-c4ccccc4)cc3-c3ccccc3)cc2-c2c(-c3ccccc3)cccc21. The fourth-order valence-electron chi connectivity index (χ4n) is 8.46. The molecule has 1 aliphatic rings. The summed E-state index contributed by atoms with van der Waals surface area (Å²) < 4.78 is 2.61. The molecule has 1 nitrogen and oxygen atoms in total. The molecule has 0 atom stereocenters. The van der Waals surface area contributed by atoms with E-state index in [2.05, 4.69) is 207 Å². The van der Waals surface area contributed by atoms with Gasteiger partial charge in [0, 0.05) is 42.5 Å². The van der Waals surface area contributed by atoms with Crippen LogP contribution < -0.4 is 4.90 Å². The van der Waals surface area contributed by atoms with Gasteiger partial charge in [0.25, 0.3) is 0 Å².